The molecule has 5 aliphatic rings. The van der Waals surface area contributed by atoms with Crippen molar-refractivity contribution in [2.75, 3.05) is 0 Å². The van der Waals surface area contributed by atoms with E-state index in [0.29, 0.717) is 6.04 Å². The molecule has 5 rings (SSSR count). The summed E-state index contributed by atoms with van der Waals surface area (Å²) in [5.41, 5.74) is 5.58. The number of allylic oxidation sites excluding steroid dienone is 4. The van der Waals surface area contributed by atoms with Crippen LogP contribution in [0.3, 0.4) is 0 Å². The van der Waals surface area contributed by atoms with Gasteiger partial charge in [0.2, 0.25) is 0 Å². The third kappa shape index (κ3) is 5.01. The summed E-state index contributed by atoms with van der Waals surface area (Å²) in [6.07, 6.45) is 30.6. The first-order valence-corrected chi connectivity index (χ1v) is 12.8. The summed E-state index contributed by atoms with van der Waals surface area (Å²) in [6.45, 7) is 0. The fourth-order valence-electron chi connectivity index (χ4n) is 6.59. The van der Waals surface area contributed by atoms with Crippen molar-refractivity contribution in [2.24, 2.45) is 47.2 Å². The Morgan fingerprint density at radius 2 is 1.93 bits per heavy atom. The van der Waals surface area contributed by atoms with Crippen molar-refractivity contribution in [3.05, 3.63) is 36.6 Å². The molecule has 0 aromatic rings. The van der Waals surface area contributed by atoms with Gasteiger partial charge in [0.05, 0.1) is 0 Å². The number of nitrogens with one attached hydrogen (secondary N) is 1. The molecule has 5 aliphatic carbocycles. The smallest absolute Gasteiger partial charge is 0.0252 e. The third-order valence-corrected chi connectivity index (χ3v) is 8.80. The van der Waals surface area contributed by atoms with Crippen molar-refractivity contribution in [3.63, 3.8) is 0 Å². The van der Waals surface area contributed by atoms with Crippen molar-refractivity contribution in [2.45, 2.75) is 89.1 Å². The van der Waals surface area contributed by atoms with E-state index in [1.54, 1.807) is 6.20 Å². The predicted molar refractivity (Wildman–Crippen MR) is 122 cm³/mol. The second-order valence-corrected chi connectivity index (χ2v) is 10.9. The maximum Gasteiger partial charge on any atom is 0.0252 e. The Balaban J connectivity index is 1.23. The molecular weight excluding hydrogens is 352 g/mol. The number of hydrogen-bond donors (Lipinski definition) is 2. The van der Waals surface area contributed by atoms with Gasteiger partial charge in [0.1, 0.15) is 0 Å². The summed E-state index contributed by atoms with van der Waals surface area (Å²) in [7, 11) is 0. The number of rotatable bonds is 11. The second-order valence-electron chi connectivity index (χ2n) is 10.9. The van der Waals surface area contributed by atoms with E-state index in [1.165, 1.54) is 70.6 Å². The summed E-state index contributed by atoms with van der Waals surface area (Å²) in [5.74, 6) is 6.78. The fourth-order valence-corrected chi connectivity index (χ4v) is 6.59. The molecule has 0 heterocycles. The Bertz CT molecular complexity index is 622. The number of fused-ring (bicyclic) bond motifs is 1. The first-order chi connectivity index (χ1) is 14.3. The van der Waals surface area contributed by atoms with Crippen LogP contribution < -0.4 is 11.1 Å². The van der Waals surface area contributed by atoms with E-state index in [2.05, 4.69) is 35.7 Å². The van der Waals surface area contributed by atoms with Crippen molar-refractivity contribution in [1.82, 2.24) is 5.32 Å². The van der Waals surface area contributed by atoms with Gasteiger partial charge in [0.15, 0.2) is 0 Å². The van der Waals surface area contributed by atoms with Gasteiger partial charge in [-0.2, -0.15) is 0 Å². The molecule has 3 saturated carbocycles. The van der Waals surface area contributed by atoms with E-state index < -0.39 is 0 Å². The molecule has 3 N–H and O–H groups in total. The van der Waals surface area contributed by atoms with Crippen molar-refractivity contribution >= 4 is 0 Å². The molecule has 0 radical (unpaired) electrons. The highest BCUT2D eigenvalue weighted by molar-refractivity contribution is 5.17. The highest BCUT2D eigenvalue weighted by Crippen LogP contribution is 2.70. The minimum absolute atomic E-state index is 0.635. The van der Waals surface area contributed by atoms with E-state index in [-0.39, 0.29) is 0 Å². The molecule has 160 valence electrons. The minimum atomic E-state index is 0.635. The van der Waals surface area contributed by atoms with Gasteiger partial charge in [-0.15, -0.1) is 0 Å². The quantitative estimate of drug-likeness (QED) is 0.335. The molecule has 0 amide bonds. The maximum atomic E-state index is 5.58. The minimum Gasteiger partial charge on any atom is -0.405 e. The number of nitrogens with two attached hydrogens (primary N) is 1. The fraction of sp³-hybridized carbons (Fsp3) is 0.778. The first-order valence-electron chi connectivity index (χ1n) is 12.8. The van der Waals surface area contributed by atoms with E-state index in [1.807, 2.05) is 0 Å². The molecule has 0 bridgehead atoms. The topological polar surface area (TPSA) is 38.0 Å². The van der Waals surface area contributed by atoms with Gasteiger partial charge in [0.25, 0.3) is 0 Å². The highest BCUT2D eigenvalue weighted by atomic mass is 15.0. The van der Waals surface area contributed by atoms with E-state index >= 15 is 0 Å². The van der Waals surface area contributed by atoms with Crippen LogP contribution >= 0.6 is 0 Å². The number of hydrogen-bond acceptors (Lipinski definition) is 2. The Hall–Kier alpha value is -1.02. The Labute approximate surface area is 178 Å². The summed E-state index contributed by atoms with van der Waals surface area (Å²) >= 11 is 0. The van der Waals surface area contributed by atoms with E-state index in [0.717, 1.165) is 53.9 Å². The lowest BCUT2D eigenvalue weighted by molar-refractivity contribution is 0.230. The van der Waals surface area contributed by atoms with Gasteiger partial charge in [-0.25, -0.2) is 0 Å². The Morgan fingerprint density at radius 3 is 2.55 bits per heavy atom. The molecule has 29 heavy (non-hydrogen) atoms. The largest absolute Gasteiger partial charge is 0.405 e. The molecule has 2 heteroatoms. The van der Waals surface area contributed by atoms with Gasteiger partial charge in [0, 0.05) is 12.1 Å². The maximum absolute atomic E-state index is 5.58. The van der Waals surface area contributed by atoms with Crippen LogP contribution in [0.15, 0.2) is 36.6 Å². The van der Waals surface area contributed by atoms with Crippen LogP contribution in [0.5, 0.6) is 0 Å². The van der Waals surface area contributed by atoms with Crippen molar-refractivity contribution in [1.29, 1.82) is 0 Å². The molecule has 7 unspecified atom stereocenters. The molecule has 0 aromatic carbocycles. The van der Waals surface area contributed by atoms with Gasteiger partial charge >= 0.3 is 0 Å². The molecule has 0 saturated heterocycles. The lowest BCUT2D eigenvalue weighted by Gasteiger charge is -2.35. The van der Waals surface area contributed by atoms with Crippen LogP contribution in [0.2, 0.25) is 0 Å². The zero-order valence-corrected chi connectivity index (χ0v) is 18.2. The molecular formula is C27H42N2. The summed E-state index contributed by atoms with van der Waals surface area (Å²) in [4.78, 5) is 0. The lowest BCUT2D eigenvalue weighted by atomic mass is 9.74. The third-order valence-electron chi connectivity index (χ3n) is 8.80. The summed E-state index contributed by atoms with van der Waals surface area (Å²) in [6, 6.07) is 1.40. The van der Waals surface area contributed by atoms with Crippen LogP contribution in [-0.2, 0) is 0 Å². The van der Waals surface area contributed by atoms with Crippen LogP contribution in [0, 0.1) is 41.4 Å². The van der Waals surface area contributed by atoms with Crippen molar-refractivity contribution < 1.29 is 0 Å². The normalized spacial score (nSPS) is 40.0. The second kappa shape index (κ2) is 9.00. The average Bonchev–Trinajstić information content (AvgIpc) is 3.60. The first kappa shape index (κ1) is 19.9. The highest BCUT2D eigenvalue weighted by Gasteiger charge is 2.66. The van der Waals surface area contributed by atoms with Gasteiger partial charge < -0.3 is 11.1 Å². The summed E-state index contributed by atoms with van der Waals surface area (Å²) < 4.78 is 0. The van der Waals surface area contributed by atoms with Gasteiger partial charge in [-0.3, -0.25) is 0 Å². The molecule has 0 aromatic heterocycles. The number of unbranched alkanes of at least 4 members (excludes halogenated alkanes) is 1. The van der Waals surface area contributed by atoms with Crippen LogP contribution in [0.4, 0.5) is 0 Å². The Kier molecular flexibility index (Phi) is 6.18. The predicted octanol–water partition coefficient (Wildman–Crippen LogP) is 5.96. The molecule has 0 aliphatic heterocycles. The lowest BCUT2D eigenvalue weighted by Crippen LogP contribution is -2.42. The average molecular weight is 395 g/mol. The van der Waals surface area contributed by atoms with Crippen LogP contribution in [0.1, 0.15) is 77.0 Å². The Morgan fingerprint density at radius 1 is 1.03 bits per heavy atom. The molecule has 3 fully saturated rings. The van der Waals surface area contributed by atoms with Crippen LogP contribution in [-0.4, -0.2) is 12.1 Å². The molecule has 2 nitrogen and oxygen atoms in total. The van der Waals surface area contributed by atoms with Gasteiger partial charge in [-0.05, 0) is 125 Å². The van der Waals surface area contributed by atoms with Gasteiger partial charge in [-0.1, -0.05) is 30.4 Å². The van der Waals surface area contributed by atoms with Crippen molar-refractivity contribution in [3.8, 4) is 0 Å². The van der Waals surface area contributed by atoms with E-state index in [4.69, 9.17) is 5.73 Å². The van der Waals surface area contributed by atoms with Crippen LogP contribution in [0.25, 0.3) is 0 Å². The zero-order valence-electron chi connectivity index (χ0n) is 18.2. The SMILES string of the molecule is N/C=C\CCCC(CC(NC1C=CCCC1)C1C2CC21)C1C=CC(C2CC2)CC1. The van der Waals surface area contributed by atoms with E-state index in [9.17, 15) is 0 Å². The summed E-state index contributed by atoms with van der Waals surface area (Å²) in [5, 5.41) is 4.14. The monoisotopic (exact) mass is 394 g/mol. The molecule has 7 atom stereocenters. The zero-order chi connectivity index (χ0) is 19.6. The standard InChI is InChI=1S/C27H42N2/c28-16-6-2-3-7-22(21-14-12-20(13-15-21)19-10-11-19)17-26(27-24-18-25(24)27)29-23-8-4-1-5-9-23/h4,6,8,12,14,16,19-27,29H,1-3,5,7,9-11,13,15,17-18,28H2/b16-6-. The molecule has 0 spiro atoms.